The molecule has 1 N–H and O–H groups in total. The summed E-state index contributed by atoms with van der Waals surface area (Å²) >= 11 is 0. The molecule has 2 saturated heterocycles. The van der Waals surface area contributed by atoms with E-state index in [4.69, 9.17) is 6.42 Å². The molecule has 0 amide bonds. The first kappa shape index (κ1) is 14.8. The Morgan fingerprint density at radius 1 is 1.05 bits per heavy atom. The van der Waals surface area contributed by atoms with Crippen LogP contribution in [0.2, 0.25) is 0 Å². The van der Waals surface area contributed by atoms with Gasteiger partial charge in [-0.1, -0.05) is 12.8 Å². The van der Waals surface area contributed by atoms with Crippen molar-refractivity contribution < 1.29 is 0 Å². The first-order valence-corrected chi connectivity index (χ1v) is 7.93. The van der Waals surface area contributed by atoms with E-state index in [2.05, 4.69) is 28.0 Å². The fourth-order valence-electron chi connectivity index (χ4n) is 3.26. The van der Waals surface area contributed by atoms with Gasteiger partial charge in [-0.3, -0.25) is 4.90 Å². The third kappa shape index (κ3) is 4.80. The zero-order valence-corrected chi connectivity index (χ0v) is 12.4. The quantitative estimate of drug-likeness (QED) is 0.757. The summed E-state index contributed by atoms with van der Waals surface area (Å²) in [7, 11) is 0. The highest BCUT2D eigenvalue weighted by Crippen LogP contribution is 2.17. The summed E-state index contributed by atoms with van der Waals surface area (Å²) in [5.41, 5.74) is 0. The maximum atomic E-state index is 5.36. The molecular weight excluding hydrogens is 234 g/mol. The number of piperidine rings is 2. The Hall–Kier alpha value is -0.560. The van der Waals surface area contributed by atoms with E-state index in [1.807, 2.05) is 0 Å². The van der Waals surface area contributed by atoms with Gasteiger partial charge in [0.05, 0.1) is 6.54 Å². The Labute approximate surface area is 118 Å². The zero-order chi connectivity index (χ0) is 13.5. The first-order chi connectivity index (χ1) is 9.31. The lowest BCUT2D eigenvalue weighted by Gasteiger charge is -2.34. The molecule has 0 saturated carbocycles. The minimum Gasteiger partial charge on any atom is -0.314 e. The Bertz CT molecular complexity index is 281. The summed E-state index contributed by atoms with van der Waals surface area (Å²) in [5.74, 6) is 3.64. The number of terminal acetylenes is 1. The SMILES string of the molecule is C#CCN1CCC(NCC2CCN(CC)CC2)CC1. The van der Waals surface area contributed by atoms with Crippen LogP contribution in [0, 0.1) is 18.3 Å². The fraction of sp³-hybridized carbons (Fsp3) is 0.875. The van der Waals surface area contributed by atoms with Crippen molar-refractivity contribution >= 4 is 0 Å². The van der Waals surface area contributed by atoms with Crippen molar-refractivity contribution in [3.63, 3.8) is 0 Å². The van der Waals surface area contributed by atoms with E-state index in [1.54, 1.807) is 0 Å². The van der Waals surface area contributed by atoms with Crippen LogP contribution in [0.5, 0.6) is 0 Å². The molecule has 2 aliphatic rings. The molecule has 0 atom stereocenters. The van der Waals surface area contributed by atoms with Gasteiger partial charge in [0.2, 0.25) is 0 Å². The van der Waals surface area contributed by atoms with Crippen molar-refractivity contribution in [3.8, 4) is 12.3 Å². The Kier molecular flexibility index (Phi) is 6.16. The molecule has 19 heavy (non-hydrogen) atoms. The molecule has 2 heterocycles. The number of rotatable bonds is 5. The van der Waals surface area contributed by atoms with Gasteiger partial charge in [0.15, 0.2) is 0 Å². The normalized spacial score (nSPS) is 24.4. The molecule has 0 aromatic heterocycles. The van der Waals surface area contributed by atoms with Crippen LogP contribution in [-0.2, 0) is 0 Å². The predicted octanol–water partition coefficient (Wildman–Crippen LogP) is 1.41. The molecule has 0 aromatic rings. The van der Waals surface area contributed by atoms with Crippen molar-refractivity contribution in [1.29, 1.82) is 0 Å². The average Bonchev–Trinajstić information content (AvgIpc) is 2.47. The number of nitrogens with zero attached hydrogens (tertiary/aromatic N) is 2. The number of likely N-dealkylation sites (tertiary alicyclic amines) is 2. The predicted molar refractivity (Wildman–Crippen MR) is 81.1 cm³/mol. The second kappa shape index (κ2) is 7.89. The third-order valence-electron chi connectivity index (χ3n) is 4.75. The Morgan fingerprint density at radius 2 is 1.68 bits per heavy atom. The molecule has 0 unspecified atom stereocenters. The van der Waals surface area contributed by atoms with Crippen LogP contribution in [0.3, 0.4) is 0 Å². The largest absolute Gasteiger partial charge is 0.314 e. The smallest absolute Gasteiger partial charge is 0.0598 e. The molecule has 0 bridgehead atoms. The van der Waals surface area contributed by atoms with Crippen LogP contribution in [0.1, 0.15) is 32.6 Å². The summed E-state index contributed by atoms with van der Waals surface area (Å²) < 4.78 is 0. The first-order valence-electron chi connectivity index (χ1n) is 7.93. The lowest BCUT2D eigenvalue weighted by atomic mass is 9.95. The van der Waals surface area contributed by atoms with E-state index in [0.717, 1.165) is 31.6 Å². The molecule has 3 nitrogen and oxygen atoms in total. The van der Waals surface area contributed by atoms with Crippen LogP contribution in [0.25, 0.3) is 0 Å². The maximum Gasteiger partial charge on any atom is 0.0598 e. The second-order valence-corrected chi connectivity index (χ2v) is 6.04. The van der Waals surface area contributed by atoms with Gasteiger partial charge in [-0.05, 0) is 57.8 Å². The van der Waals surface area contributed by atoms with Gasteiger partial charge in [0, 0.05) is 19.1 Å². The monoisotopic (exact) mass is 263 g/mol. The Balaban J connectivity index is 1.58. The highest BCUT2D eigenvalue weighted by atomic mass is 15.1. The van der Waals surface area contributed by atoms with Gasteiger partial charge >= 0.3 is 0 Å². The van der Waals surface area contributed by atoms with Crippen molar-refractivity contribution in [2.45, 2.75) is 38.6 Å². The van der Waals surface area contributed by atoms with Crippen molar-refractivity contribution in [2.24, 2.45) is 5.92 Å². The lowest BCUT2D eigenvalue weighted by Crippen LogP contribution is -2.45. The van der Waals surface area contributed by atoms with Crippen molar-refractivity contribution in [1.82, 2.24) is 15.1 Å². The highest BCUT2D eigenvalue weighted by molar-refractivity contribution is 4.90. The van der Waals surface area contributed by atoms with Gasteiger partial charge < -0.3 is 10.2 Å². The molecule has 0 aliphatic carbocycles. The molecular formula is C16H29N3. The minimum absolute atomic E-state index is 0.721. The van der Waals surface area contributed by atoms with E-state index < -0.39 is 0 Å². The third-order valence-corrected chi connectivity index (χ3v) is 4.75. The van der Waals surface area contributed by atoms with E-state index in [9.17, 15) is 0 Å². The molecule has 3 heteroatoms. The van der Waals surface area contributed by atoms with E-state index in [0.29, 0.717) is 0 Å². The molecule has 0 aromatic carbocycles. The van der Waals surface area contributed by atoms with Crippen LogP contribution < -0.4 is 5.32 Å². The Morgan fingerprint density at radius 3 is 2.26 bits per heavy atom. The maximum absolute atomic E-state index is 5.36. The zero-order valence-electron chi connectivity index (χ0n) is 12.4. The van der Waals surface area contributed by atoms with Crippen LogP contribution >= 0.6 is 0 Å². The molecule has 2 aliphatic heterocycles. The topological polar surface area (TPSA) is 18.5 Å². The van der Waals surface area contributed by atoms with Gasteiger partial charge in [-0.2, -0.15) is 0 Å². The fourth-order valence-corrected chi connectivity index (χ4v) is 3.26. The molecule has 2 rings (SSSR count). The van der Waals surface area contributed by atoms with E-state index in [1.165, 1.54) is 51.9 Å². The minimum atomic E-state index is 0.721. The van der Waals surface area contributed by atoms with Gasteiger partial charge in [0.25, 0.3) is 0 Å². The molecule has 108 valence electrons. The van der Waals surface area contributed by atoms with E-state index >= 15 is 0 Å². The van der Waals surface area contributed by atoms with Gasteiger partial charge in [0.1, 0.15) is 0 Å². The number of hydrogen-bond acceptors (Lipinski definition) is 3. The number of nitrogens with one attached hydrogen (secondary N) is 1. The van der Waals surface area contributed by atoms with E-state index in [-0.39, 0.29) is 0 Å². The van der Waals surface area contributed by atoms with Crippen LogP contribution in [0.4, 0.5) is 0 Å². The lowest BCUT2D eigenvalue weighted by molar-refractivity contribution is 0.175. The summed E-state index contributed by atoms with van der Waals surface area (Å²) in [5, 5.41) is 3.79. The van der Waals surface area contributed by atoms with Crippen molar-refractivity contribution in [2.75, 3.05) is 45.8 Å². The van der Waals surface area contributed by atoms with Crippen molar-refractivity contribution in [3.05, 3.63) is 0 Å². The molecule has 0 radical (unpaired) electrons. The van der Waals surface area contributed by atoms with Crippen LogP contribution in [0.15, 0.2) is 0 Å². The van der Waals surface area contributed by atoms with Crippen LogP contribution in [-0.4, -0.2) is 61.7 Å². The van der Waals surface area contributed by atoms with Gasteiger partial charge in [-0.15, -0.1) is 6.42 Å². The molecule has 2 fully saturated rings. The summed E-state index contributed by atoms with van der Waals surface area (Å²) in [4.78, 5) is 4.95. The molecule has 0 spiro atoms. The highest BCUT2D eigenvalue weighted by Gasteiger charge is 2.21. The number of hydrogen-bond donors (Lipinski definition) is 1. The second-order valence-electron chi connectivity index (χ2n) is 6.04. The van der Waals surface area contributed by atoms with Gasteiger partial charge in [-0.25, -0.2) is 0 Å². The summed E-state index contributed by atoms with van der Waals surface area (Å²) in [6.07, 6.45) is 10.6. The average molecular weight is 263 g/mol. The summed E-state index contributed by atoms with van der Waals surface area (Å²) in [6.45, 7) is 10.4. The standard InChI is InChI=1S/C16H29N3/c1-3-9-19-12-7-16(8-13-19)17-14-15-5-10-18(4-2)11-6-15/h1,15-17H,4-14H2,2H3. The summed E-state index contributed by atoms with van der Waals surface area (Å²) in [6, 6.07) is 0.721.